The Hall–Kier alpha value is -1.38. The van der Waals surface area contributed by atoms with Crippen molar-refractivity contribution in [3.8, 4) is 0 Å². The van der Waals surface area contributed by atoms with Crippen molar-refractivity contribution in [2.45, 2.75) is 245 Å². The largest absolute Gasteiger partial charge is 0.464 e. The van der Waals surface area contributed by atoms with Crippen molar-refractivity contribution in [1.29, 1.82) is 0 Å². The third-order valence-electron chi connectivity index (χ3n) is 12.4. The van der Waals surface area contributed by atoms with Crippen molar-refractivity contribution in [3.05, 3.63) is 0 Å². The summed E-state index contributed by atoms with van der Waals surface area (Å²) >= 11 is 0. The lowest BCUT2D eigenvalue weighted by atomic mass is 10.1. The Morgan fingerprint density at radius 1 is 0.375 bits per heavy atom. The second-order valence-corrected chi connectivity index (χ2v) is 18.9. The van der Waals surface area contributed by atoms with Crippen LogP contribution in [0.4, 0.5) is 0 Å². The zero-order chi connectivity index (χ0) is 47.3. The number of hydrogen-bond donors (Lipinski definition) is 5. The number of aliphatic hydroxyl groups excluding tert-OH is 5. The maximum atomic E-state index is 12.6. The molecule has 5 N–H and O–H groups in total. The van der Waals surface area contributed by atoms with E-state index >= 15 is 0 Å². The molecule has 0 rings (SSSR count). The van der Waals surface area contributed by atoms with E-state index in [9.17, 15) is 35.1 Å². The molecule has 0 amide bonds. The predicted molar refractivity (Wildman–Crippen MR) is 264 cm³/mol. The van der Waals surface area contributed by atoms with Crippen LogP contribution in [-0.4, -0.2) is 155 Å². The minimum Gasteiger partial charge on any atom is -0.464 e. The molecule has 0 saturated heterocycles. The summed E-state index contributed by atoms with van der Waals surface area (Å²) in [4.78, 5) is 31.8. The van der Waals surface area contributed by atoms with Crippen molar-refractivity contribution in [2.75, 3.05) is 78.7 Å². The molecule has 0 aromatic rings. The van der Waals surface area contributed by atoms with E-state index in [4.69, 9.17) is 9.47 Å². The number of rotatable bonds is 50. The minimum atomic E-state index is -0.451. The highest BCUT2D eigenvalue weighted by Crippen LogP contribution is 2.14. The van der Waals surface area contributed by atoms with Crippen LogP contribution in [0.2, 0.25) is 0 Å². The summed E-state index contributed by atoms with van der Waals surface area (Å²) in [5.74, 6) is -0.399. The molecule has 12 heteroatoms. The summed E-state index contributed by atoms with van der Waals surface area (Å²) in [6.07, 6.45) is 26.8. The highest BCUT2D eigenvalue weighted by molar-refractivity contribution is 5.69. The summed E-state index contributed by atoms with van der Waals surface area (Å²) in [7, 11) is 0. The fourth-order valence-electron chi connectivity index (χ4n) is 8.37. The molecule has 0 radical (unpaired) electrons. The van der Waals surface area contributed by atoms with Gasteiger partial charge in [-0.15, -0.1) is 0 Å². The van der Waals surface area contributed by atoms with Crippen LogP contribution in [0.3, 0.4) is 0 Å². The van der Waals surface area contributed by atoms with E-state index in [0.29, 0.717) is 52.1 Å². The molecular formula is C52H105N3O9. The molecule has 0 spiro atoms. The first-order chi connectivity index (χ1) is 31.1. The normalized spacial score (nSPS) is 13.8. The Morgan fingerprint density at radius 2 is 0.672 bits per heavy atom. The van der Waals surface area contributed by atoms with Crippen molar-refractivity contribution in [2.24, 2.45) is 0 Å². The summed E-state index contributed by atoms with van der Waals surface area (Å²) < 4.78 is 11.2. The van der Waals surface area contributed by atoms with Gasteiger partial charge in [-0.05, 0) is 83.8 Å². The first kappa shape index (κ1) is 62.6. The second kappa shape index (κ2) is 46.7. The number of carbonyl (C=O) groups is 2. The number of aliphatic hydroxyl groups is 5. The summed E-state index contributed by atoms with van der Waals surface area (Å²) in [5.41, 5.74) is 0. The summed E-state index contributed by atoms with van der Waals surface area (Å²) in [5, 5.41) is 52.1. The van der Waals surface area contributed by atoms with Crippen LogP contribution in [0.5, 0.6) is 0 Å². The van der Waals surface area contributed by atoms with E-state index in [2.05, 4.69) is 42.4 Å². The fourth-order valence-corrected chi connectivity index (χ4v) is 8.37. The Kier molecular flexibility index (Phi) is 45.7. The third kappa shape index (κ3) is 42.0. The lowest BCUT2D eigenvalue weighted by Gasteiger charge is -2.27. The SMILES string of the molecule is CCCCCCC(O)CN(CCOC(=O)CCCCCN(CCCCO)CCCCCC(=O)OCCN(CC(O)CCCCCC)CC(O)CCCCCC)CC(O)CCCCCC. The van der Waals surface area contributed by atoms with E-state index in [-0.39, 0.29) is 31.8 Å². The number of nitrogens with zero attached hydrogens (tertiary/aromatic N) is 3. The van der Waals surface area contributed by atoms with Crippen molar-refractivity contribution in [1.82, 2.24) is 14.7 Å². The lowest BCUT2D eigenvalue weighted by molar-refractivity contribution is -0.145. The van der Waals surface area contributed by atoms with Crippen LogP contribution in [0.25, 0.3) is 0 Å². The van der Waals surface area contributed by atoms with Crippen LogP contribution in [0.1, 0.15) is 220 Å². The van der Waals surface area contributed by atoms with Crippen molar-refractivity contribution in [3.63, 3.8) is 0 Å². The highest BCUT2D eigenvalue weighted by atomic mass is 16.5. The van der Waals surface area contributed by atoms with Gasteiger partial charge in [0.05, 0.1) is 24.4 Å². The van der Waals surface area contributed by atoms with Gasteiger partial charge in [-0.3, -0.25) is 19.4 Å². The molecule has 382 valence electrons. The van der Waals surface area contributed by atoms with Crippen molar-refractivity contribution < 1.29 is 44.6 Å². The number of ether oxygens (including phenoxy) is 2. The Bertz CT molecular complexity index is 899. The minimum absolute atomic E-state index is 0.187. The van der Waals surface area contributed by atoms with Gasteiger partial charge in [-0.1, -0.05) is 143 Å². The molecule has 0 aromatic heterocycles. The zero-order valence-electron chi connectivity index (χ0n) is 42.2. The molecule has 0 aliphatic heterocycles. The van der Waals surface area contributed by atoms with Crippen LogP contribution < -0.4 is 0 Å². The predicted octanol–water partition coefficient (Wildman–Crippen LogP) is 9.20. The molecule has 0 aliphatic rings. The van der Waals surface area contributed by atoms with Gasteiger partial charge in [-0.25, -0.2) is 0 Å². The van der Waals surface area contributed by atoms with Crippen LogP contribution in [0, 0.1) is 0 Å². The first-order valence-corrected chi connectivity index (χ1v) is 26.9. The van der Waals surface area contributed by atoms with Gasteiger partial charge in [0.15, 0.2) is 0 Å². The van der Waals surface area contributed by atoms with E-state index in [0.717, 1.165) is 174 Å². The monoisotopic (exact) mass is 916 g/mol. The fraction of sp³-hybridized carbons (Fsp3) is 0.962. The lowest BCUT2D eigenvalue weighted by Crippen LogP contribution is -2.40. The van der Waals surface area contributed by atoms with Gasteiger partial charge in [0.2, 0.25) is 0 Å². The van der Waals surface area contributed by atoms with Crippen LogP contribution in [0.15, 0.2) is 0 Å². The van der Waals surface area contributed by atoms with E-state index < -0.39 is 24.4 Å². The topological polar surface area (TPSA) is 163 Å². The van der Waals surface area contributed by atoms with Gasteiger partial charge < -0.3 is 39.9 Å². The Balaban J connectivity index is 4.62. The average molecular weight is 916 g/mol. The maximum Gasteiger partial charge on any atom is 0.305 e. The van der Waals surface area contributed by atoms with Crippen LogP contribution in [-0.2, 0) is 19.1 Å². The quantitative estimate of drug-likeness (QED) is 0.0291. The molecule has 0 aliphatic carbocycles. The molecule has 0 heterocycles. The van der Waals surface area contributed by atoms with Crippen molar-refractivity contribution >= 4 is 11.9 Å². The van der Waals surface area contributed by atoms with Gasteiger partial charge in [0, 0.05) is 58.7 Å². The number of esters is 2. The third-order valence-corrected chi connectivity index (χ3v) is 12.4. The van der Waals surface area contributed by atoms with Gasteiger partial charge >= 0.3 is 11.9 Å². The summed E-state index contributed by atoms with van der Waals surface area (Å²) in [6, 6.07) is 0. The molecule has 0 bridgehead atoms. The Labute approximate surface area is 393 Å². The first-order valence-electron chi connectivity index (χ1n) is 26.9. The molecule has 12 nitrogen and oxygen atoms in total. The van der Waals surface area contributed by atoms with Crippen LogP contribution >= 0.6 is 0 Å². The second-order valence-electron chi connectivity index (χ2n) is 18.9. The molecule has 64 heavy (non-hydrogen) atoms. The van der Waals surface area contributed by atoms with Gasteiger partial charge in [-0.2, -0.15) is 0 Å². The van der Waals surface area contributed by atoms with Gasteiger partial charge in [0.1, 0.15) is 13.2 Å². The highest BCUT2D eigenvalue weighted by Gasteiger charge is 2.19. The maximum absolute atomic E-state index is 12.6. The Morgan fingerprint density at radius 3 is 0.969 bits per heavy atom. The summed E-state index contributed by atoms with van der Waals surface area (Å²) in [6.45, 7) is 15.1. The average Bonchev–Trinajstić information content (AvgIpc) is 3.26. The van der Waals surface area contributed by atoms with E-state index in [1.807, 2.05) is 0 Å². The molecule has 4 unspecified atom stereocenters. The number of carbonyl (C=O) groups excluding carboxylic acids is 2. The van der Waals surface area contributed by atoms with E-state index in [1.165, 1.54) is 25.7 Å². The van der Waals surface area contributed by atoms with Gasteiger partial charge in [0.25, 0.3) is 0 Å². The smallest absolute Gasteiger partial charge is 0.305 e. The molecule has 0 saturated carbocycles. The molecule has 0 fully saturated rings. The number of unbranched alkanes of at least 4 members (excludes halogenated alkanes) is 17. The van der Waals surface area contributed by atoms with E-state index in [1.54, 1.807) is 0 Å². The molecular weight excluding hydrogens is 811 g/mol. The number of hydrogen-bond acceptors (Lipinski definition) is 12. The molecule has 0 aromatic carbocycles. The standard InChI is InChI=1S/C52H105N3O9/c1-5-9-13-19-29-47(57)43-54(44-48(58)30-20-14-10-6-2)38-41-63-51(61)33-23-17-25-35-53(37-27-28-40-56)36-26-18-24-34-52(62)64-42-39-55(45-49(59)31-21-15-11-7-3)46-50(60)32-22-16-12-8-4/h47-50,56-60H,5-46H2,1-4H3. The molecule has 4 atom stereocenters. The zero-order valence-corrected chi connectivity index (χ0v) is 42.2.